The molecule has 21 heavy (non-hydrogen) atoms. The van der Waals surface area contributed by atoms with Crippen molar-refractivity contribution in [3.05, 3.63) is 23.8 Å². The first kappa shape index (κ1) is 15.7. The van der Waals surface area contributed by atoms with Crippen LogP contribution in [0.4, 0.5) is 11.4 Å². The first-order chi connectivity index (χ1) is 10.2. The smallest absolute Gasteiger partial charge is 0.251 e. The van der Waals surface area contributed by atoms with Crippen molar-refractivity contribution in [1.82, 2.24) is 5.32 Å². The van der Waals surface area contributed by atoms with Crippen LogP contribution in [0.15, 0.2) is 18.2 Å². The van der Waals surface area contributed by atoms with Gasteiger partial charge in [0.15, 0.2) is 0 Å². The third-order valence-electron chi connectivity index (χ3n) is 4.54. The van der Waals surface area contributed by atoms with Crippen molar-refractivity contribution in [3.63, 3.8) is 0 Å². The predicted molar refractivity (Wildman–Crippen MR) is 88.5 cm³/mol. The van der Waals surface area contributed by atoms with Gasteiger partial charge in [-0.25, -0.2) is 0 Å². The number of rotatable bonds is 5. The van der Waals surface area contributed by atoms with Gasteiger partial charge in [-0.15, -0.1) is 0 Å². The summed E-state index contributed by atoms with van der Waals surface area (Å²) in [6.45, 7) is 2.21. The van der Waals surface area contributed by atoms with Crippen LogP contribution in [0.25, 0.3) is 0 Å². The standard InChI is InChI=1S/C17H27N3O/c1-3-15(12-7-5-4-6-8-12)20-16-11-13(17(21)19-2)9-10-14(16)18/h9-12,15,20H,3-8,18H2,1-2H3,(H,19,21). The number of carbonyl (C=O) groups excluding carboxylic acids is 1. The van der Waals surface area contributed by atoms with E-state index in [4.69, 9.17) is 5.73 Å². The molecule has 2 rings (SSSR count). The minimum atomic E-state index is -0.0798. The Bertz CT molecular complexity index is 481. The Balaban J connectivity index is 2.14. The van der Waals surface area contributed by atoms with Gasteiger partial charge in [0.2, 0.25) is 0 Å². The highest BCUT2D eigenvalue weighted by Gasteiger charge is 2.22. The fourth-order valence-electron chi connectivity index (χ4n) is 3.26. The summed E-state index contributed by atoms with van der Waals surface area (Å²) >= 11 is 0. The molecule has 1 aromatic carbocycles. The number of nitrogen functional groups attached to an aromatic ring is 1. The van der Waals surface area contributed by atoms with Crippen LogP contribution in [0, 0.1) is 5.92 Å². The quantitative estimate of drug-likeness (QED) is 0.728. The van der Waals surface area contributed by atoms with Crippen LogP contribution in [-0.2, 0) is 0 Å². The van der Waals surface area contributed by atoms with Gasteiger partial charge >= 0.3 is 0 Å². The van der Waals surface area contributed by atoms with Crippen LogP contribution in [0.2, 0.25) is 0 Å². The average Bonchev–Trinajstić information content (AvgIpc) is 2.54. The number of hydrogen-bond donors (Lipinski definition) is 3. The number of carbonyl (C=O) groups is 1. The number of anilines is 2. The molecule has 0 bridgehead atoms. The van der Waals surface area contributed by atoms with Crippen molar-refractivity contribution in [3.8, 4) is 0 Å². The van der Waals surface area contributed by atoms with Gasteiger partial charge in [-0.05, 0) is 43.4 Å². The lowest BCUT2D eigenvalue weighted by atomic mass is 9.83. The molecule has 4 heteroatoms. The molecular weight excluding hydrogens is 262 g/mol. The number of hydrogen-bond acceptors (Lipinski definition) is 3. The van der Waals surface area contributed by atoms with Gasteiger partial charge in [0.25, 0.3) is 5.91 Å². The minimum Gasteiger partial charge on any atom is -0.397 e. The molecule has 1 atom stereocenters. The molecule has 1 amide bonds. The average molecular weight is 289 g/mol. The van der Waals surface area contributed by atoms with E-state index in [0.717, 1.165) is 12.1 Å². The fraction of sp³-hybridized carbons (Fsp3) is 0.588. The Morgan fingerprint density at radius 2 is 2.05 bits per heavy atom. The summed E-state index contributed by atoms with van der Waals surface area (Å²) in [5.41, 5.74) is 8.30. The summed E-state index contributed by atoms with van der Waals surface area (Å²) in [5, 5.41) is 6.23. The van der Waals surface area contributed by atoms with Gasteiger partial charge < -0.3 is 16.4 Å². The molecule has 0 spiro atoms. The van der Waals surface area contributed by atoms with E-state index in [1.807, 2.05) is 6.07 Å². The van der Waals surface area contributed by atoms with Gasteiger partial charge in [0.1, 0.15) is 0 Å². The molecule has 116 valence electrons. The highest BCUT2D eigenvalue weighted by molar-refractivity contribution is 5.96. The van der Waals surface area contributed by atoms with E-state index in [2.05, 4.69) is 17.6 Å². The first-order valence-electron chi connectivity index (χ1n) is 8.03. The molecule has 1 unspecified atom stereocenters. The predicted octanol–water partition coefficient (Wildman–Crippen LogP) is 3.40. The van der Waals surface area contributed by atoms with Crippen molar-refractivity contribution < 1.29 is 4.79 Å². The van der Waals surface area contributed by atoms with E-state index >= 15 is 0 Å². The summed E-state index contributed by atoms with van der Waals surface area (Å²) in [6.07, 6.45) is 7.68. The lowest BCUT2D eigenvalue weighted by molar-refractivity contribution is 0.0963. The summed E-state index contributed by atoms with van der Waals surface area (Å²) in [6, 6.07) is 5.87. The number of nitrogens with two attached hydrogens (primary N) is 1. The molecule has 0 saturated heterocycles. The Hall–Kier alpha value is -1.71. The molecule has 1 aliphatic rings. The van der Waals surface area contributed by atoms with E-state index in [1.54, 1.807) is 19.2 Å². The lowest BCUT2D eigenvalue weighted by Gasteiger charge is -2.31. The van der Waals surface area contributed by atoms with E-state index in [9.17, 15) is 4.79 Å². The number of amides is 1. The lowest BCUT2D eigenvalue weighted by Crippen LogP contribution is -2.30. The van der Waals surface area contributed by atoms with Crippen LogP contribution in [0.1, 0.15) is 55.8 Å². The molecule has 4 N–H and O–H groups in total. The van der Waals surface area contributed by atoms with Crippen LogP contribution in [-0.4, -0.2) is 19.0 Å². The third kappa shape index (κ3) is 3.90. The van der Waals surface area contributed by atoms with Crippen molar-refractivity contribution in [1.29, 1.82) is 0 Å². The Kier molecular flexibility index (Phi) is 5.48. The molecule has 1 saturated carbocycles. The Morgan fingerprint density at radius 1 is 1.33 bits per heavy atom. The van der Waals surface area contributed by atoms with Crippen molar-refractivity contribution in [2.75, 3.05) is 18.1 Å². The molecule has 0 radical (unpaired) electrons. The second-order valence-corrected chi connectivity index (χ2v) is 5.94. The van der Waals surface area contributed by atoms with E-state index in [-0.39, 0.29) is 5.91 Å². The zero-order valence-corrected chi connectivity index (χ0v) is 13.1. The number of benzene rings is 1. The Labute approximate surface area is 127 Å². The van der Waals surface area contributed by atoms with Crippen molar-refractivity contribution >= 4 is 17.3 Å². The van der Waals surface area contributed by atoms with Crippen LogP contribution in [0.3, 0.4) is 0 Å². The molecule has 1 aliphatic carbocycles. The molecule has 0 aliphatic heterocycles. The largest absolute Gasteiger partial charge is 0.397 e. The van der Waals surface area contributed by atoms with Gasteiger partial charge in [-0.3, -0.25) is 4.79 Å². The van der Waals surface area contributed by atoms with Crippen LogP contribution < -0.4 is 16.4 Å². The summed E-state index contributed by atoms with van der Waals surface area (Å²) < 4.78 is 0. The maximum absolute atomic E-state index is 11.8. The second kappa shape index (κ2) is 7.34. The van der Waals surface area contributed by atoms with Crippen molar-refractivity contribution in [2.45, 2.75) is 51.5 Å². The van der Waals surface area contributed by atoms with E-state index in [1.165, 1.54) is 32.1 Å². The SMILES string of the molecule is CCC(Nc1cc(C(=O)NC)ccc1N)C1CCCCC1. The maximum atomic E-state index is 11.8. The molecule has 1 aromatic rings. The molecule has 4 nitrogen and oxygen atoms in total. The minimum absolute atomic E-state index is 0.0798. The monoisotopic (exact) mass is 289 g/mol. The van der Waals surface area contributed by atoms with Crippen LogP contribution in [0.5, 0.6) is 0 Å². The second-order valence-electron chi connectivity index (χ2n) is 5.94. The fourth-order valence-corrected chi connectivity index (χ4v) is 3.26. The normalized spacial score (nSPS) is 17.2. The molecule has 0 aromatic heterocycles. The number of nitrogens with one attached hydrogen (secondary N) is 2. The molecular formula is C17H27N3O. The zero-order chi connectivity index (χ0) is 15.2. The highest BCUT2D eigenvalue weighted by atomic mass is 16.1. The summed E-state index contributed by atoms with van der Waals surface area (Å²) in [7, 11) is 1.64. The zero-order valence-electron chi connectivity index (χ0n) is 13.1. The molecule has 0 heterocycles. The van der Waals surface area contributed by atoms with Gasteiger partial charge in [-0.1, -0.05) is 26.2 Å². The van der Waals surface area contributed by atoms with Crippen molar-refractivity contribution in [2.24, 2.45) is 5.92 Å². The molecule has 1 fully saturated rings. The third-order valence-corrected chi connectivity index (χ3v) is 4.54. The van der Waals surface area contributed by atoms with E-state index in [0.29, 0.717) is 23.2 Å². The summed E-state index contributed by atoms with van der Waals surface area (Å²) in [5.74, 6) is 0.635. The first-order valence-corrected chi connectivity index (χ1v) is 8.03. The highest BCUT2D eigenvalue weighted by Crippen LogP contribution is 2.31. The van der Waals surface area contributed by atoms with Gasteiger partial charge in [0.05, 0.1) is 11.4 Å². The van der Waals surface area contributed by atoms with Gasteiger partial charge in [-0.2, -0.15) is 0 Å². The Morgan fingerprint density at radius 3 is 2.67 bits per heavy atom. The maximum Gasteiger partial charge on any atom is 0.251 e. The van der Waals surface area contributed by atoms with E-state index < -0.39 is 0 Å². The topological polar surface area (TPSA) is 67.2 Å². The van der Waals surface area contributed by atoms with Gasteiger partial charge in [0, 0.05) is 18.7 Å². The summed E-state index contributed by atoms with van der Waals surface area (Å²) in [4.78, 5) is 11.8. The van der Waals surface area contributed by atoms with Crippen LogP contribution >= 0.6 is 0 Å².